The van der Waals surface area contributed by atoms with Gasteiger partial charge in [0.05, 0.1) is 25.4 Å². The van der Waals surface area contributed by atoms with Gasteiger partial charge in [-0.1, -0.05) is 61.5 Å². The van der Waals surface area contributed by atoms with Crippen LogP contribution in [-0.4, -0.2) is 52.9 Å². The zero-order chi connectivity index (χ0) is 26.5. The number of benzene rings is 3. The predicted molar refractivity (Wildman–Crippen MR) is 145 cm³/mol. The molecule has 0 radical (unpaired) electrons. The second-order valence-electron chi connectivity index (χ2n) is 10.2. The number of rotatable bonds is 8. The van der Waals surface area contributed by atoms with Gasteiger partial charge in [0, 0.05) is 35.3 Å². The number of aliphatic hydroxyl groups is 2. The average Bonchev–Trinajstić information content (AvgIpc) is 3.42. The third-order valence-corrected chi connectivity index (χ3v) is 7.72. The quantitative estimate of drug-likeness (QED) is 0.403. The number of aliphatic hydroxyl groups excluding tert-OH is 2. The molecule has 2 fully saturated rings. The number of nitrogens with one attached hydrogen (secondary N) is 1. The molecule has 0 spiro atoms. The number of likely N-dealkylation sites (tertiary alicyclic amines) is 1. The van der Waals surface area contributed by atoms with Gasteiger partial charge < -0.3 is 25.0 Å². The molecule has 0 saturated carbocycles. The van der Waals surface area contributed by atoms with E-state index in [1.807, 2.05) is 66.7 Å². The molecule has 200 valence electrons. The summed E-state index contributed by atoms with van der Waals surface area (Å²) in [6.07, 6.45) is 1.21. The van der Waals surface area contributed by atoms with Gasteiger partial charge in [-0.3, -0.25) is 9.69 Å². The molecule has 38 heavy (non-hydrogen) atoms. The van der Waals surface area contributed by atoms with Crippen LogP contribution < -0.4 is 5.32 Å². The minimum Gasteiger partial charge on any atom is -0.395 e. The van der Waals surface area contributed by atoms with E-state index in [0.717, 1.165) is 42.6 Å². The summed E-state index contributed by atoms with van der Waals surface area (Å²) < 4.78 is 13.1. The number of nitrogens with zero attached hydrogens (tertiary/aromatic N) is 1. The number of amides is 1. The maximum absolute atomic E-state index is 12.5. The van der Waals surface area contributed by atoms with Crippen molar-refractivity contribution < 1.29 is 24.5 Å². The smallest absolute Gasteiger partial charge is 0.255 e. The maximum Gasteiger partial charge on any atom is 0.255 e. The van der Waals surface area contributed by atoms with Crippen molar-refractivity contribution in [3.05, 3.63) is 101 Å². The first-order chi connectivity index (χ1) is 18.6. The van der Waals surface area contributed by atoms with Gasteiger partial charge in [-0.25, -0.2) is 0 Å². The van der Waals surface area contributed by atoms with Gasteiger partial charge in [0.25, 0.3) is 5.91 Å². The van der Waals surface area contributed by atoms with Gasteiger partial charge in [-0.2, -0.15) is 0 Å². The zero-order valence-corrected chi connectivity index (χ0v) is 21.7. The summed E-state index contributed by atoms with van der Waals surface area (Å²) in [5.74, 6) is -0.0801. The van der Waals surface area contributed by atoms with Gasteiger partial charge in [0.1, 0.15) is 0 Å². The minimum absolute atomic E-state index is 0.000383. The van der Waals surface area contributed by atoms with Crippen LogP contribution in [0.2, 0.25) is 0 Å². The van der Waals surface area contributed by atoms with Crippen LogP contribution in [0.5, 0.6) is 0 Å². The number of ether oxygens (including phenoxy) is 2. The lowest BCUT2D eigenvalue weighted by atomic mass is 9.90. The fraction of sp³-hybridized carbons (Fsp3) is 0.387. The first-order valence-corrected chi connectivity index (χ1v) is 13.4. The molecule has 3 N–H and O–H groups in total. The lowest BCUT2D eigenvalue weighted by Gasteiger charge is -2.43. The Hall–Kier alpha value is -3.07. The Morgan fingerprint density at radius 1 is 0.947 bits per heavy atom. The Bertz CT molecular complexity index is 1190. The first-order valence-electron chi connectivity index (χ1n) is 13.4. The van der Waals surface area contributed by atoms with Gasteiger partial charge in [0.15, 0.2) is 6.29 Å². The molecule has 3 aromatic rings. The molecule has 1 amide bonds. The van der Waals surface area contributed by atoms with Gasteiger partial charge in [-0.15, -0.1) is 0 Å². The maximum atomic E-state index is 12.5. The second-order valence-corrected chi connectivity index (χ2v) is 10.2. The van der Waals surface area contributed by atoms with Crippen molar-refractivity contribution in [3.8, 4) is 0 Å². The van der Waals surface area contributed by atoms with E-state index in [1.165, 1.54) is 0 Å². The molecule has 7 heteroatoms. The van der Waals surface area contributed by atoms with Crippen molar-refractivity contribution in [3.63, 3.8) is 0 Å². The van der Waals surface area contributed by atoms with Crippen molar-refractivity contribution in [1.29, 1.82) is 0 Å². The summed E-state index contributed by atoms with van der Waals surface area (Å²) in [7, 11) is 0. The Labute approximate surface area is 224 Å². The molecule has 5 atom stereocenters. The molecule has 2 saturated heterocycles. The van der Waals surface area contributed by atoms with Crippen molar-refractivity contribution in [2.45, 2.75) is 50.9 Å². The van der Waals surface area contributed by atoms with Crippen LogP contribution in [0, 0.1) is 5.92 Å². The van der Waals surface area contributed by atoms with Crippen molar-refractivity contribution in [2.75, 3.05) is 25.0 Å². The molecule has 2 heterocycles. The van der Waals surface area contributed by atoms with Gasteiger partial charge in [0.2, 0.25) is 0 Å². The van der Waals surface area contributed by atoms with E-state index in [2.05, 4.69) is 17.1 Å². The molecule has 7 nitrogen and oxygen atoms in total. The predicted octanol–water partition coefficient (Wildman–Crippen LogP) is 4.68. The Morgan fingerprint density at radius 3 is 2.34 bits per heavy atom. The highest BCUT2D eigenvalue weighted by molar-refractivity contribution is 6.04. The summed E-state index contributed by atoms with van der Waals surface area (Å²) in [6, 6.07) is 24.8. The topological polar surface area (TPSA) is 91.3 Å². The average molecular weight is 517 g/mol. The van der Waals surface area contributed by atoms with Crippen LogP contribution in [0.25, 0.3) is 0 Å². The lowest BCUT2D eigenvalue weighted by molar-refractivity contribution is -0.276. The third-order valence-electron chi connectivity index (χ3n) is 7.72. The van der Waals surface area contributed by atoms with Crippen LogP contribution in [0.3, 0.4) is 0 Å². The van der Waals surface area contributed by atoms with Crippen LogP contribution in [0.4, 0.5) is 5.69 Å². The van der Waals surface area contributed by atoms with Crippen LogP contribution in [0.15, 0.2) is 78.9 Å². The van der Waals surface area contributed by atoms with E-state index in [-0.39, 0.29) is 43.3 Å². The van der Waals surface area contributed by atoms with Crippen LogP contribution in [-0.2, 0) is 16.1 Å². The zero-order valence-electron chi connectivity index (χ0n) is 21.7. The first kappa shape index (κ1) is 26.5. The van der Waals surface area contributed by atoms with Crippen molar-refractivity contribution in [2.24, 2.45) is 5.92 Å². The standard InChI is InChI=1S/C31H36N2O5/c1-21-28(18-33-17-5-8-27(33)20-35)37-31(38-29(21)23-11-9-22(19-34)10-12-23)25-13-15-26(16-14-25)32-30(36)24-6-3-2-4-7-24/h2-4,6-7,9-16,21,27-29,31,34-35H,5,8,17-20H2,1H3,(H,32,36). The molecule has 0 aliphatic carbocycles. The second kappa shape index (κ2) is 12.2. The van der Waals surface area contributed by atoms with E-state index >= 15 is 0 Å². The number of carbonyl (C=O) groups excluding carboxylic acids is 1. The van der Waals surface area contributed by atoms with Crippen LogP contribution in [0.1, 0.15) is 59.2 Å². The SMILES string of the molecule is CC1C(CN2CCCC2CO)OC(c2ccc(NC(=O)c3ccccc3)cc2)OC1c1ccc(CO)cc1. The summed E-state index contributed by atoms with van der Waals surface area (Å²) >= 11 is 0. The van der Waals surface area contributed by atoms with Gasteiger partial charge >= 0.3 is 0 Å². The highest BCUT2D eigenvalue weighted by Crippen LogP contribution is 2.42. The van der Waals surface area contributed by atoms with Crippen molar-refractivity contribution in [1.82, 2.24) is 4.90 Å². The number of hydrogen-bond donors (Lipinski definition) is 3. The van der Waals surface area contributed by atoms with Crippen molar-refractivity contribution >= 4 is 11.6 Å². The molecular formula is C31H36N2O5. The summed E-state index contributed by atoms with van der Waals surface area (Å²) in [6.45, 7) is 3.99. The van der Waals surface area contributed by atoms with Crippen LogP contribution >= 0.6 is 0 Å². The summed E-state index contributed by atoms with van der Waals surface area (Å²) in [5, 5.41) is 22.3. The van der Waals surface area contributed by atoms with E-state index < -0.39 is 6.29 Å². The van der Waals surface area contributed by atoms with Gasteiger partial charge in [-0.05, 0) is 54.8 Å². The summed E-state index contributed by atoms with van der Waals surface area (Å²) in [4.78, 5) is 14.9. The molecule has 2 aliphatic heterocycles. The highest BCUT2D eigenvalue weighted by Gasteiger charge is 2.40. The Morgan fingerprint density at radius 2 is 1.66 bits per heavy atom. The Balaban J connectivity index is 1.35. The molecule has 5 unspecified atom stereocenters. The normalized spacial score (nSPS) is 25.8. The van der Waals surface area contributed by atoms with E-state index in [0.29, 0.717) is 11.3 Å². The van der Waals surface area contributed by atoms with E-state index in [1.54, 1.807) is 12.1 Å². The molecular weight excluding hydrogens is 480 g/mol. The largest absolute Gasteiger partial charge is 0.395 e. The monoisotopic (exact) mass is 516 g/mol. The Kier molecular flexibility index (Phi) is 8.51. The molecule has 3 aromatic carbocycles. The molecule has 5 rings (SSSR count). The lowest BCUT2D eigenvalue weighted by Crippen LogP contribution is -2.46. The third kappa shape index (κ3) is 5.98. The molecule has 2 aliphatic rings. The molecule has 0 aromatic heterocycles. The van der Waals surface area contributed by atoms with E-state index in [9.17, 15) is 15.0 Å². The van der Waals surface area contributed by atoms with E-state index in [4.69, 9.17) is 9.47 Å². The number of anilines is 1. The fourth-order valence-corrected chi connectivity index (χ4v) is 5.42. The highest BCUT2D eigenvalue weighted by atomic mass is 16.7. The number of carbonyl (C=O) groups is 1. The number of hydrogen-bond acceptors (Lipinski definition) is 6. The summed E-state index contributed by atoms with van der Waals surface area (Å²) in [5.41, 5.74) is 4.07. The fourth-order valence-electron chi connectivity index (χ4n) is 5.42. The minimum atomic E-state index is -0.576. The molecule has 0 bridgehead atoms.